The van der Waals surface area contributed by atoms with Crippen molar-refractivity contribution in [2.45, 2.75) is 119 Å². The van der Waals surface area contributed by atoms with Crippen molar-refractivity contribution in [3.8, 4) is 28.4 Å². The van der Waals surface area contributed by atoms with Crippen molar-refractivity contribution in [1.29, 1.82) is 0 Å². The number of methoxy groups -OCH3 is 1. The highest BCUT2D eigenvalue weighted by molar-refractivity contribution is 7.85. The average molecular weight is 1250 g/mol. The number of Topliss-reactive ketones (excluding diaryl/α,β-unsaturated/α-hetero) is 1. The summed E-state index contributed by atoms with van der Waals surface area (Å²) < 4.78 is 64.6. The summed E-state index contributed by atoms with van der Waals surface area (Å²) in [5.41, 5.74) is 3.85. The smallest absolute Gasteiger partial charge is 0.407 e. The third-order valence-electron chi connectivity index (χ3n) is 16.2. The van der Waals surface area contributed by atoms with Gasteiger partial charge in [0.1, 0.15) is 65.8 Å². The highest BCUT2D eigenvalue weighted by atomic mass is 32.2. The highest BCUT2D eigenvalue weighted by Gasteiger charge is 2.51. The number of carbonyl (C=O) groups is 8. The van der Waals surface area contributed by atoms with Crippen molar-refractivity contribution in [2.24, 2.45) is 11.7 Å². The molecule has 13 N–H and O–H groups in total. The van der Waals surface area contributed by atoms with Gasteiger partial charge in [-0.1, -0.05) is 80.6 Å². The van der Waals surface area contributed by atoms with E-state index in [0.717, 1.165) is 34.4 Å². The van der Waals surface area contributed by atoms with Gasteiger partial charge in [0.05, 0.1) is 42.0 Å². The molecule has 1 heterocycles. The number of alkyl carbamates (subject to hydrolysis) is 2. The van der Waals surface area contributed by atoms with Crippen molar-refractivity contribution in [3.05, 3.63) is 135 Å². The topological polar surface area (TPSA) is 424 Å². The maximum atomic E-state index is 14.1. The predicted octanol–water partition coefficient (Wildman–Crippen LogP) is 3.65. The lowest BCUT2D eigenvalue weighted by atomic mass is 9.72. The Morgan fingerprint density at radius 3 is 2.13 bits per heavy atom. The number of fused-ring (bicyclic) bond motifs is 6. The van der Waals surface area contributed by atoms with Gasteiger partial charge in [0.2, 0.25) is 17.6 Å². The molecule has 1 aliphatic heterocycles. The molecule has 472 valence electrons. The number of phenols is 2. The first kappa shape index (κ1) is 64.4. The third kappa shape index (κ3) is 13.4. The second-order valence-electron chi connectivity index (χ2n) is 22.3. The van der Waals surface area contributed by atoms with E-state index < -0.39 is 172 Å². The zero-order valence-electron chi connectivity index (χ0n) is 48.4. The SMILES string of the molecule is COc1cccc2c1C(=O)c1c(O)c3c(c(O)c1C2=O)C[C@@](O)(C(=O)CO)C[C@@H]3O[C@H]1C[C@H](NC(=O)OCc2ccc(NC(=O)[C@H](CCCNC(N)=O)NC(=O)[C@@H](NC(=O)OCC3c4ccccc4-c4ccccc43)C(C)C)cc2S(=O)(=O)O)[C@H](O)[C@H](C)O1. The van der Waals surface area contributed by atoms with Crippen LogP contribution in [0.2, 0.25) is 0 Å². The van der Waals surface area contributed by atoms with E-state index in [0.29, 0.717) is 0 Å². The lowest BCUT2D eigenvalue weighted by molar-refractivity contribution is -0.249. The van der Waals surface area contributed by atoms with E-state index in [1.165, 1.54) is 38.3 Å². The molecule has 6 amide bonds. The van der Waals surface area contributed by atoms with Crippen LogP contribution in [0.5, 0.6) is 17.2 Å². The van der Waals surface area contributed by atoms with Crippen molar-refractivity contribution < 1.29 is 101 Å². The van der Waals surface area contributed by atoms with E-state index in [-0.39, 0.29) is 71.2 Å². The summed E-state index contributed by atoms with van der Waals surface area (Å²) in [7, 11) is -3.89. The van der Waals surface area contributed by atoms with Gasteiger partial charge < -0.3 is 81.5 Å². The maximum Gasteiger partial charge on any atom is 0.407 e. The lowest BCUT2D eigenvalue weighted by Gasteiger charge is -2.42. The zero-order chi connectivity index (χ0) is 64.4. The summed E-state index contributed by atoms with van der Waals surface area (Å²) in [5.74, 6) is -7.15. The minimum absolute atomic E-state index is 0.0145. The van der Waals surface area contributed by atoms with Crippen LogP contribution >= 0.6 is 0 Å². The van der Waals surface area contributed by atoms with Gasteiger partial charge in [-0.3, -0.25) is 28.5 Å². The van der Waals surface area contributed by atoms with E-state index in [1.54, 1.807) is 13.8 Å². The number of urea groups is 1. The molecular formula is C61H66N6O21S. The number of aliphatic hydroxyl groups is 3. The second kappa shape index (κ2) is 26.4. The van der Waals surface area contributed by atoms with E-state index in [2.05, 4.69) is 26.6 Å². The van der Waals surface area contributed by atoms with Gasteiger partial charge in [0, 0.05) is 59.7 Å². The summed E-state index contributed by atoms with van der Waals surface area (Å²) in [5, 5.41) is 69.0. The fraction of sp³-hybridized carbons (Fsp3) is 0.377. The Kier molecular flexibility index (Phi) is 19.1. The molecule has 0 spiro atoms. The number of hydrogen-bond acceptors (Lipinski definition) is 20. The van der Waals surface area contributed by atoms with Crippen molar-refractivity contribution in [3.63, 3.8) is 0 Å². The third-order valence-corrected chi connectivity index (χ3v) is 17.1. The van der Waals surface area contributed by atoms with Gasteiger partial charge in [0.15, 0.2) is 17.9 Å². The van der Waals surface area contributed by atoms with Gasteiger partial charge in [0.25, 0.3) is 10.1 Å². The first-order valence-corrected chi connectivity index (χ1v) is 29.7. The molecule has 5 aromatic rings. The zero-order valence-corrected chi connectivity index (χ0v) is 49.3. The predicted molar refractivity (Wildman–Crippen MR) is 311 cm³/mol. The fourth-order valence-electron chi connectivity index (χ4n) is 11.8. The molecule has 1 saturated heterocycles. The Bertz CT molecular complexity index is 3740. The summed E-state index contributed by atoms with van der Waals surface area (Å²) >= 11 is 0. The van der Waals surface area contributed by atoms with E-state index in [9.17, 15) is 76.9 Å². The summed E-state index contributed by atoms with van der Waals surface area (Å²) in [6.07, 6.45) is -9.87. The number of ether oxygens (including phenoxy) is 5. The summed E-state index contributed by atoms with van der Waals surface area (Å²) in [4.78, 5) is 107. The number of anilines is 1. The Balaban J connectivity index is 0.863. The Morgan fingerprint density at radius 1 is 0.831 bits per heavy atom. The summed E-state index contributed by atoms with van der Waals surface area (Å²) in [6.45, 7) is 2.60. The minimum atomic E-state index is -5.15. The Labute approximate surface area is 508 Å². The largest absolute Gasteiger partial charge is 0.507 e. The van der Waals surface area contributed by atoms with Crippen LogP contribution < -0.4 is 37.1 Å². The van der Waals surface area contributed by atoms with E-state index in [1.807, 2.05) is 48.5 Å². The molecule has 8 atom stereocenters. The number of carbonyl (C=O) groups excluding carboxylic acids is 8. The van der Waals surface area contributed by atoms with E-state index >= 15 is 0 Å². The number of hydrogen-bond donors (Lipinski definition) is 12. The van der Waals surface area contributed by atoms with Crippen LogP contribution in [0.3, 0.4) is 0 Å². The lowest BCUT2D eigenvalue weighted by Crippen LogP contribution is -2.56. The molecule has 0 unspecified atom stereocenters. The quantitative estimate of drug-likeness (QED) is 0.0278. The molecule has 0 bridgehead atoms. The van der Waals surface area contributed by atoms with Crippen LogP contribution in [0.1, 0.15) is 118 Å². The number of phenolic OH excluding ortho intramolecular Hbond substituents is 2. The van der Waals surface area contributed by atoms with Crippen LogP contribution in [0, 0.1) is 5.92 Å². The molecule has 0 aromatic heterocycles. The normalized spacial score (nSPS) is 20.7. The minimum Gasteiger partial charge on any atom is -0.507 e. The number of ketones is 3. The van der Waals surface area contributed by atoms with Crippen LogP contribution in [-0.2, 0) is 56.5 Å². The maximum absolute atomic E-state index is 14.1. The molecule has 3 aliphatic carbocycles. The van der Waals surface area contributed by atoms with Crippen molar-refractivity contribution >= 4 is 63.2 Å². The number of aromatic hydroxyl groups is 2. The molecule has 0 saturated carbocycles. The number of rotatable bonds is 21. The van der Waals surface area contributed by atoms with Crippen LogP contribution in [-0.4, -0.2) is 155 Å². The Morgan fingerprint density at radius 2 is 1.49 bits per heavy atom. The van der Waals surface area contributed by atoms with Crippen LogP contribution in [0.25, 0.3) is 11.1 Å². The molecule has 89 heavy (non-hydrogen) atoms. The Hall–Kier alpha value is -9.03. The highest BCUT2D eigenvalue weighted by Crippen LogP contribution is 2.53. The average Bonchev–Trinajstić information content (AvgIpc) is 1.25. The van der Waals surface area contributed by atoms with Gasteiger partial charge in [-0.2, -0.15) is 8.42 Å². The van der Waals surface area contributed by atoms with Crippen LogP contribution in [0.15, 0.2) is 89.8 Å². The molecule has 27 nitrogen and oxygen atoms in total. The fourth-order valence-corrected chi connectivity index (χ4v) is 12.5. The monoisotopic (exact) mass is 1250 g/mol. The molecule has 28 heteroatoms. The van der Waals surface area contributed by atoms with Crippen molar-refractivity contribution in [1.82, 2.24) is 21.3 Å². The first-order chi connectivity index (χ1) is 42.2. The van der Waals surface area contributed by atoms with Gasteiger partial charge in [-0.25, -0.2) is 14.4 Å². The van der Waals surface area contributed by atoms with Gasteiger partial charge in [-0.15, -0.1) is 0 Å². The molecule has 0 radical (unpaired) electrons. The first-order valence-electron chi connectivity index (χ1n) is 28.3. The molecule has 5 aromatic carbocycles. The number of primary amides is 1. The molecule has 9 rings (SSSR count). The van der Waals surface area contributed by atoms with Gasteiger partial charge in [-0.05, 0) is 66.1 Å². The number of nitrogens with one attached hydrogen (secondary N) is 5. The number of amides is 6. The summed E-state index contributed by atoms with van der Waals surface area (Å²) in [6, 6.07) is 18.0. The number of benzene rings is 5. The van der Waals surface area contributed by atoms with Crippen LogP contribution in [0.4, 0.5) is 20.1 Å². The second-order valence-corrected chi connectivity index (χ2v) is 23.7. The molecule has 1 fully saturated rings. The van der Waals surface area contributed by atoms with E-state index in [4.69, 9.17) is 29.4 Å². The number of nitrogens with two attached hydrogens (primary N) is 1. The van der Waals surface area contributed by atoms with Gasteiger partial charge >= 0.3 is 18.2 Å². The standard InChI is InChI=1S/C61H66N6O21S/c1-28(2)50(67-60(79)86-27-38-34-13-7-5-11-32(34)33-12-6-8-14-35(33)38)57(76)65-39(16-10-20-63-58(62)77)56(75)64-31-19-18-30(43(21-31)89(81,82)83)26-85-59(78)66-40-22-45(87-29(3)51(40)70)88-42-24-61(80,44(69)25-68)23-37-47(42)55(74)49-48(53(37)72)52(71)36-15-9-17-41(84-4)46(36)54(49)73/h5-9,11-15,17-19,21,28-29,38-40,42,45,50-51,68,70,72,74,80H,10,16,20,22-27H2,1-4H3,(H,64,75)(H,65,76)(H,66,78)(H,67,79)(H3,62,63,77)(H,81,82,83)/t29-,39-,40-,42-,45-,50-,51+,61-/m0/s1. The molecular weight excluding hydrogens is 1180 g/mol. The van der Waals surface area contributed by atoms with Crippen molar-refractivity contribution in [2.75, 3.05) is 32.2 Å². The molecule has 4 aliphatic rings. The number of aliphatic hydroxyl groups excluding tert-OH is 2.